The van der Waals surface area contributed by atoms with Crippen LogP contribution in [-0.2, 0) is 4.74 Å². The Balaban J connectivity index is 2.81. The fourth-order valence-corrected chi connectivity index (χ4v) is 1.48. The summed E-state index contributed by atoms with van der Waals surface area (Å²) in [6, 6.07) is 2.09. The van der Waals surface area contributed by atoms with E-state index in [-0.39, 0.29) is 6.04 Å². The van der Waals surface area contributed by atoms with Crippen LogP contribution in [0.5, 0.6) is 0 Å². The van der Waals surface area contributed by atoms with Crippen LogP contribution in [0.1, 0.15) is 19.5 Å². The van der Waals surface area contributed by atoms with E-state index in [1.807, 2.05) is 13.0 Å². The number of methoxy groups -OCH3 is 1. The molecule has 0 radical (unpaired) electrons. The van der Waals surface area contributed by atoms with Crippen molar-refractivity contribution >= 4 is 11.8 Å². The van der Waals surface area contributed by atoms with Gasteiger partial charge in [-0.05, 0) is 12.8 Å². The van der Waals surface area contributed by atoms with Crippen molar-refractivity contribution in [1.29, 1.82) is 0 Å². The van der Waals surface area contributed by atoms with Crippen molar-refractivity contribution in [2.75, 3.05) is 24.5 Å². The Hall–Kier alpha value is -1.40. The molecular formula is C11H21N5O. The maximum Gasteiger partial charge on any atom is 0.239 e. The molecule has 0 aliphatic heterocycles. The Morgan fingerprint density at radius 1 is 1.41 bits per heavy atom. The van der Waals surface area contributed by atoms with Crippen molar-refractivity contribution in [1.82, 2.24) is 9.97 Å². The van der Waals surface area contributed by atoms with E-state index in [2.05, 4.69) is 34.6 Å². The number of rotatable bonds is 6. The summed E-state index contributed by atoms with van der Waals surface area (Å²) in [5.41, 5.74) is 3.31. The number of anilines is 2. The number of aryl methyl sites for hydroxylation is 1. The molecule has 96 valence electrons. The van der Waals surface area contributed by atoms with Crippen molar-refractivity contribution < 1.29 is 4.74 Å². The quantitative estimate of drug-likeness (QED) is 0.510. The molecule has 0 amide bonds. The van der Waals surface area contributed by atoms with Crippen LogP contribution in [0.25, 0.3) is 0 Å². The molecule has 0 aliphatic carbocycles. The Morgan fingerprint density at radius 3 is 2.65 bits per heavy atom. The smallest absolute Gasteiger partial charge is 0.239 e. The molecule has 0 bridgehead atoms. The zero-order valence-electron chi connectivity index (χ0n) is 10.8. The molecule has 1 rings (SSSR count). The van der Waals surface area contributed by atoms with E-state index in [1.54, 1.807) is 7.11 Å². The summed E-state index contributed by atoms with van der Waals surface area (Å²) in [6.07, 6.45) is 0. The zero-order chi connectivity index (χ0) is 12.8. The summed E-state index contributed by atoms with van der Waals surface area (Å²) in [5, 5.41) is 3.32. The normalized spacial score (nSPS) is 12.6. The van der Waals surface area contributed by atoms with Crippen molar-refractivity contribution in [3.05, 3.63) is 11.8 Å². The van der Waals surface area contributed by atoms with Gasteiger partial charge in [0.05, 0.1) is 12.6 Å². The van der Waals surface area contributed by atoms with Crippen molar-refractivity contribution in [2.45, 2.75) is 26.8 Å². The topological polar surface area (TPSA) is 85.1 Å². The van der Waals surface area contributed by atoms with E-state index in [1.165, 1.54) is 0 Å². The van der Waals surface area contributed by atoms with Gasteiger partial charge in [-0.3, -0.25) is 5.43 Å². The number of ether oxygens (including phenoxy) is 1. The maximum atomic E-state index is 5.31. The van der Waals surface area contributed by atoms with Crippen LogP contribution in [0.2, 0.25) is 0 Å². The third kappa shape index (κ3) is 4.16. The highest BCUT2D eigenvalue weighted by Gasteiger charge is 2.14. The number of nitrogens with zero attached hydrogens (tertiary/aromatic N) is 2. The largest absolute Gasteiger partial charge is 0.383 e. The molecule has 1 heterocycles. The molecule has 1 atom stereocenters. The summed E-state index contributed by atoms with van der Waals surface area (Å²) < 4.78 is 5.18. The lowest BCUT2D eigenvalue weighted by Crippen LogP contribution is -2.31. The molecule has 0 fully saturated rings. The third-order valence-corrected chi connectivity index (χ3v) is 2.47. The Labute approximate surface area is 102 Å². The lowest BCUT2D eigenvalue weighted by molar-refractivity contribution is 0.171. The number of hydrogen-bond acceptors (Lipinski definition) is 6. The summed E-state index contributed by atoms with van der Waals surface area (Å²) in [6.45, 7) is 6.79. The standard InChI is InChI=1S/C11H21N5O/c1-7(2)9(6-17-4)14-10-5-8(3)13-11(15-10)16-12/h5,7,9H,6,12H2,1-4H3,(H2,13,14,15,16). The van der Waals surface area contributed by atoms with E-state index in [0.717, 1.165) is 11.5 Å². The van der Waals surface area contributed by atoms with Gasteiger partial charge in [0.15, 0.2) is 0 Å². The molecule has 6 heteroatoms. The van der Waals surface area contributed by atoms with Gasteiger partial charge in [-0.25, -0.2) is 10.8 Å². The van der Waals surface area contributed by atoms with Gasteiger partial charge >= 0.3 is 0 Å². The minimum atomic E-state index is 0.208. The highest BCUT2D eigenvalue weighted by atomic mass is 16.5. The van der Waals surface area contributed by atoms with Crippen molar-refractivity contribution in [3.63, 3.8) is 0 Å². The summed E-state index contributed by atoms with van der Waals surface area (Å²) in [7, 11) is 1.69. The molecule has 6 nitrogen and oxygen atoms in total. The monoisotopic (exact) mass is 239 g/mol. The van der Waals surface area contributed by atoms with Gasteiger partial charge in [0.1, 0.15) is 5.82 Å². The van der Waals surface area contributed by atoms with Gasteiger partial charge in [-0.1, -0.05) is 13.8 Å². The molecule has 1 aromatic heterocycles. The summed E-state index contributed by atoms with van der Waals surface area (Å²) in [4.78, 5) is 8.37. The van der Waals surface area contributed by atoms with Crippen molar-refractivity contribution in [2.24, 2.45) is 11.8 Å². The van der Waals surface area contributed by atoms with Crippen LogP contribution in [0, 0.1) is 12.8 Å². The van der Waals surface area contributed by atoms with Crippen LogP contribution in [0.3, 0.4) is 0 Å². The summed E-state index contributed by atoms with van der Waals surface area (Å²) in [5.74, 6) is 6.91. The first-order valence-electron chi connectivity index (χ1n) is 5.64. The van der Waals surface area contributed by atoms with Crippen LogP contribution in [0.4, 0.5) is 11.8 Å². The number of aromatic nitrogens is 2. The minimum absolute atomic E-state index is 0.208. The van der Waals surface area contributed by atoms with E-state index < -0.39 is 0 Å². The molecule has 4 N–H and O–H groups in total. The number of nitrogens with two attached hydrogens (primary N) is 1. The average molecular weight is 239 g/mol. The first kappa shape index (κ1) is 13.7. The number of nitrogens with one attached hydrogen (secondary N) is 2. The second-order valence-corrected chi connectivity index (χ2v) is 4.31. The Kier molecular flexibility index (Phi) is 5.11. The second kappa shape index (κ2) is 6.36. The van der Waals surface area contributed by atoms with E-state index >= 15 is 0 Å². The molecule has 1 aromatic rings. The SMILES string of the molecule is COCC(Nc1cc(C)nc(NN)n1)C(C)C. The van der Waals surface area contributed by atoms with Gasteiger partial charge in [0.25, 0.3) is 0 Å². The van der Waals surface area contributed by atoms with E-state index in [4.69, 9.17) is 10.6 Å². The molecule has 0 aliphatic rings. The molecule has 0 spiro atoms. The lowest BCUT2D eigenvalue weighted by Gasteiger charge is -2.22. The van der Waals surface area contributed by atoms with Crippen LogP contribution >= 0.6 is 0 Å². The van der Waals surface area contributed by atoms with E-state index in [0.29, 0.717) is 18.5 Å². The highest BCUT2D eigenvalue weighted by molar-refractivity contribution is 5.42. The Bertz CT molecular complexity index is 356. The predicted octanol–water partition coefficient (Wildman–Crippen LogP) is 1.15. The van der Waals surface area contributed by atoms with E-state index in [9.17, 15) is 0 Å². The zero-order valence-corrected chi connectivity index (χ0v) is 10.8. The van der Waals surface area contributed by atoms with Gasteiger partial charge in [-0.15, -0.1) is 0 Å². The van der Waals surface area contributed by atoms with Crippen LogP contribution in [-0.4, -0.2) is 29.7 Å². The fraction of sp³-hybridized carbons (Fsp3) is 0.636. The molecular weight excluding hydrogens is 218 g/mol. The third-order valence-electron chi connectivity index (χ3n) is 2.47. The second-order valence-electron chi connectivity index (χ2n) is 4.31. The van der Waals surface area contributed by atoms with Gasteiger partial charge in [-0.2, -0.15) is 4.98 Å². The van der Waals surface area contributed by atoms with Crippen LogP contribution < -0.4 is 16.6 Å². The fourth-order valence-electron chi connectivity index (χ4n) is 1.48. The highest BCUT2D eigenvalue weighted by Crippen LogP contribution is 2.13. The maximum absolute atomic E-state index is 5.31. The molecule has 0 saturated heterocycles. The van der Waals surface area contributed by atoms with Crippen LogP contribution in [0.15, 0.2) is 6.07 Å². The minimum Gasteiger partial charge on any atom is -0.383 e. The number of nitrogen functional groups attached to an aromatic ring is 1. The summed E-state index contributed by atoms with van der Waals surface area (Å²) >= 11 is 0. The predicted molar refractivity (Wildman–Crippen MR) is 68.7 cm³/mol. The number of hydrazine groups is 1. The lowest BCUT2D eigenvalue weighted by atomic mass is 10.1. The Morgan fingerprint density at radius 2 is 2.12 bits per heavy atom. The molecule has 17 heavy (non-hydrogen) atoms. The molecule has 0 aromatic carbocycles. The van der Waals surface area contributed by atoms with Gasteiger partial charge in [0, 0.05) is 18.9 Å². The average Bonchev–Trinajstić information content (AvgIpc) is 2.27. The first-order valence-corrected chi connectivity index (χ1v) is 5.64. The molecule has 0 saturated carbocycles. The van der Waals surface area contributed by atoms with Gasteiger partial charge in [0.2, 0.25) is 5.95 Å². The first-order chi connectivity index (χ1) is 8.06. The van der Waals surface area contributed by atoms with Gasteiger partial charge < -0.3 is 10.1 Å². The van der Waals surface area contributed by atoms with Crippen molar-refractivity contribution in [3.8, 4) is 0 Å². The number of hydrogen-bond donors (Lipinski definition) is 3. The molecule has 1 unspecified atom stereocenters.